The Morgan fingerprint density at radius 2 is 1.67 bits per heavy atom. The third-order valence-electron chi connectivity index (χ3n) is 6.85. The molecule has 0 amide bonds. The van der Waals surface area contributed by atoms with Crippen LogP contribution in [0.2, 0.25) is 0 Å². The lowest BCUT2D eigenvalue weighted by Gasteiger charge is -2.46. The van der Waals surface area contributed by atoms with Crippen molar-refractivity contribution in [1.29, 1.82) is 10.5 Å². The summed E-state index contributed by atoms with van der Waals surface area (Å²) in [6.45, 7) is 4.54. The summed E-state index contributed by atoms with van der Waals surface area (Å²) in [5.41, 5.74) is 2.55. The summed E-state index contributed by atoms with van der Waals surface area (Å²) in [7, 11) is 0. The van der Waals surface area contributed by atoms with Gasteiger partial charge in [-0.25, -0.2) is 0 Å². The van der Waals surface area contributed by atoms with E-state index in [4.69, 9.17) is 0 Å². The normalized spacial score (nSPS) is 26.9. The van der Waals surface area contributed by atoms with E-state index >= 15 is 0 Å². The number of fused-ring (bicyclic) bond motifs is 1. The lowest BCUT2D eigenvalue weighted by Crippen LogP contribution is -2.40. The zero-order valence-corrected chi connectivity index (χ0v) is 17.7. The first-order valence-corrected chi connectivity index (χ1v) is 11.6. The SMILES string of the molecule is CCCCC1=C(CCCC)C[C@H]2CC(c3cccs3)C(C#N)(C#N)C[C@H]2C1. The number of nitrogens with zero attached hydrogens (tertiary/aromatic N) is 2. The van der Waals surface area contributed by atoms with Gasteiger partial charge >= 0.3 is 0 Å². The van der Waals surface area contributed by atoms with Gasteiger partial charge in [0.05, 0.1) is 12.1 Å². The second-order valence-electron chi connectivity index (χ2n) is 8.55. The number of rotatable bonds is 7. The largest absolute Gasteiger partial charge is 0.197 e. The van der Waals surface area contributed by atoms with E-state index in [1.807, 2.05) is 0 Å². The van der Waals surface area contributed by atoms with E-state index in [-0.39, 0.29) is 5.92 Å². The van der Waals surface area contributed by atoms with Crippen LogP contribution in [0.15, 0.2) is 28.7 Å². The standard InChI is InChI=1S/C24H32N2S/c1-3-5-8-18-12-20-14-22(23-10-7-11-27-23)24(16-25,17-26)15-21(20)13-19(18)9-6-4-2/h7,10-11,20-22H,3-6,8-9,12-15H2,1-2H3/t20-,21+,22?/m0/s1. The van der Waals surface area contributed by atoms with Gasteiger partial charge in [-0.15, -0.1) is 11.3 Å². The minimum absolute atomic E-state index is 0.0818. The predicted molar refractivity (Wildman–Crippen MR) is 112 cm³/mol. The van der Waals surface area contributed by atoms with Gasteiger partial charge in [-0.3, -0.25) is 0 Å². The van der Waals surface area contributed by atoms with Crippen molar-refractivity contribution >= 4 is 11.3 Å². The third kappa shape index (κ3) is 4.14. The number of hydrogen-bond donors (Lipinski definition) is 0. The summed E-state index contributed by atoms with van der Waals surface area (Å²) in [4.78, 5) is 1.23. The number of allylic oxidation sites excluding steroid dienone is 2. The molecule has 0 spiro atoms. The third-order valence-corrected chi connectivity index (χ3v) is 7.84. The molecule has 3 heteroatoms. The Hall–Kier alpha value is -1.58. The van der Waals surface area contributed by atoms with Crippen LogP contribution in [0.5, 0.6) is 0 Å². The monoisotopic (exact) mass is 380 g/mol. The van der Waals surface area contributed by atoms with Crippen LogP contribution in [0.4, 0.5) is 0 Å². The van der Waals surface area contributed by atoms with Crippen molar-refractivity contribution in [2.45, 2.75) is 84.0 Å². The van der Waals surface area contributed by atoms with Gasteiger partial charge in [0.2, 0.25) is 0 Å². The molecular weight excluding hydrogens is 348 g/mol. The number of nitriles is 2. The topological polar surface area (TPSA) is 47.6 Å². The molecule has 0 saturated heterocycles. The molecule has 2 aliphatic rings. The fourth-order valence-corrected chi connectivity index (χ4v) is 6.22. The smallest absolute Gasteiger partial charge is 0.151 e. The van der Waals surface area contributed by atoms with Gasteiger partial charge in [0.15, 0.2) is 5.41 Å². The highest BCUT2D eigenvalue weighted by Gasteiger charge is 2.50. The highest BCUT2D eigenvalue weighted by Crippen LogP contribution is 2.56. The molecular formula is C24H32N2S. The van der Waals surface area contributed by atoms with E-state index in [2.05, 4.69) is 43.5 Å². The van der Waals surface area contributed by atoms with E-state index in [1.54, 1.807) is 22.5 Å². The number of thiophene rings is 1. The second kappa shape index (κ2) is 9.07. The second-order valence-corrected chi connectivity index (χ2v) is 9.52. The molecule has 0 bridgehead atoms. The Bertz CT molecular complexity index is 717. The minimum atomic E-state index is -0.844. The molecule has 0 N–H and O–H groups in total. The van der Waals surface area contributed by atoms with Crippen LogP contribution in [0.1, 0.15) is 88.9 Å². The molecule has 0 aromatic carbocycles. The van der Waals surface area contributed by atoms with Crippen molar-refractivity contribution < 1.29 is 0 Å². The van der Waals surface area contributed by atoms with E-state index in [1.165, 1.54) is 49.8 Å². The molecule has 1 heterocycles. The Balaban J connectivity index is 1.88. The first-order chi connectivity index (χ1) is 13.2. The fourth-order valence-electron chi connectivity index (χ4n) is 5.29. The molecule has 2 aliphatic carbocycles. The zero-order valence-electron chi connectivity index (χ0n) is 16.8. The molecule has 1 fully saturated rings. The number of hydrogen-bond acceptors (Lipinski definition) is 3. The van der Waals surface area contributed by atoms with Crippen LogP contribution in [0.3, 0.4) is 0 Å². The Morgan fingerprint density at radius 3 is 2.19 bits per heavy atom. The van der Waals surface area contributed by atoms with E-state index < -0.39 is 5.41 Å². The van der Waals surface area contributed by atoms with Crippen molar-refractivity contribution in [2.75, 3.05) is 0 Å². The molecule has 3 rings (SSSR count). The van der Waals surface area contributed by atoms with Gasteiger partial charge in [-0.2, -0.15) is 10.5 Å². The quantitative estimate of drug-likeness (QED) is 0.464. The molecule has 0 aliphatic heterocycles. The fraction of sp³-hybridized carbons (Fsp3) is 0.667. The molecule has 1 unspecified atom stereocenters. The van der Waals surface area contributed by atoms with Crippen molar-refractivity contribution in [1.82, 2.24) is 0 Å². The number of unbranched alkanes of at least 4 members (excludes halogenated alkanes) is 2. The van der Waals surface area contributed by atoms with Crippen molar-refractivity contribution in [3.05, 3.63) is 33.5 Å². The lowest BCUT2D eigenvalue weighted by molar-refractivity contribution is 0.131. The zero-order chi connectivity index (χ0) is 19.3. The van der Waals surface area contributed by atoms with Gasteiger partial charge in [-0.1, -0.05) is 43.9 Å². The average Bonchev–Trinajstić information content (AvgIpc) is 3.23. The van der Waals surface area contributed by atoms with Gasteiger partial charge in [-0.05, 0) is 74.6 Å². The first-order valence-electron chi connectivity index (χ1n) is 10.7. The molecule has 144 valence electrons. The summed E-state index contributed by atoms with van der Waals surface area (Å²) in [6.07, 6.45) is 11.6. The van der Waals surface area contributed by atoms with E-state index in [0.717, 1.165) is 19.3 Å². The lowest BCUT2D eigenvalue weighted by atomic mass is 9.56. The van der Waals surface area contributed by atoms with Gasteiger partial charge in [0.1, 0.15) is 0 Å². The molecule has 2 nitrogen and oxygen atoms in total. The highest BCUT2D eigenvalue weighted by atomic mass is 32.1. The van der Waals surface area contributed by atoms with Crippen LogP contribution >= 0.6 is 11.3 Å². The van der Waals surface area contributed by atoms with Gasteiger partial charge in [0, 0.05) is 10.8 Å². The first kappa shape index (κ1) is 20.2. The van der Waals surface area contributed by atoms with E-state index in [9.17, 15) is 10.5 Å². The summed E-state index contributed by atoms with van der Waals surface area (Å²) < 4.78 is 0. The summed E-state index contributed by atoms with van der Waals surface area (Å²) >= 11 is 1.71. The minimum Gasteiger partial charge on any atom is -0.197 e. The Kier molecular flexibility index (Phi) is 6.78. The maximum atomic E-state index is 10.00. The van der Waals surface area contributed by atoms with Crippen LogP contribution in [0, 0.1) is 39.9 Å². The molecule has 3 atom stereocenters. The highest BCUT2D eigenvalue weighted by molar-refractivity contribution is 7.10. The van der Waals surface area contributed by atoms with Crippen LogP contribution in [-0.2, 0) is 0 Å². The molecule has 27 heavy (non-hydrogen) atoms. The average molecular weight is 381 g/mol. The molecule has 0 radical (unpaired) electrons. The maximum Gasteiger partial charge on any atom is 0.151 e. The summed E-state index contributed by atoms with van der Waals surface area (Å²) in [5, 5.41) is 22.1. The van der Waals surface area contributed by atoms with Crippen molar-refractivity contribution in [3.8, 4) is 12.1 Å². The van der Waals surface area contributed by atoms with Gasteiger partial charge in [0.25, 0.3) is 0 Å². The summed E-state index contributed by atoms with van der Waals surface area (Å²) in [5.74, 6) is 1.24. The summed E-state index contributed by atoms with van der Waals surface area (Å²) in [6, 6.07) is 9.13. The Morgan fingerprint density at radius 1 is 1.04 bits per heavy atom. The van der Waals surface area contributed by atoms with Crippen LogP contribution in [-0.4, -0.2) is 0 Å². The Labute approximate surface area is 168 Å². The molecule has 1 saturated carbocycles. The maximum absolute atomic E-state index is 10.00. The van der Waals surface area contributed by atoms with Crippen LogP contribution < -0.4 is 0 Å². The molecule has 1 aromatic heterocycles. The van der Waals surface area contributed by atoms with E-state index in [0.29, 0.717) is 11.8 Å². The van der Waals surface area contributed by atoms with Crippen LogP contribution in [0.25, 0.3) is 0 Å². The predicted octanol–water partition coefficient (Wildman–Crippen LogP) is 7.36. The van der Waals surface area contributed by atoms with Gasteiger partial charge < -0.3 is 0 Å². The molecule has 1 aromatic rings. The van der Waals surface area contributed by atoms with Crippen molar-refractivity contribution in [3.63, 3.8) is 0 Å². The van der Waals surface area contributed by atoms with Crippen molar-refractivity contribution in [2.24, 2.45) is 17.3 Å².